The summed E-state index contributed by atoms with van der Waals surface area (Å²) in [5.41, 5.74) is 2.01. The van der Waals surface area contributed by atoms with Gasteiger partial charge in [-0.25, -0.2) is 4.98 Å². The zero-order chi connectivity index (χ0) is 21.1. The summed E-state index contributed by atoms with van der Waals surface area (Å²) in [5.74, 6) is 1.86. The Morgan fingerprint density at radius 2 is 1.97 bits per heavy atom. The van der Waals surface area contributed by atoms with Gasteiger partial charge in [0, 0.05) is 6.04 Å². The van der Waals surface area contributed by atoms with Gasteiger partial charge in [0.2, 0.25) is 0 Å². The van der Waals surface area contributed by atoms with E-state index in [4.69, 9.17) is 9.72 Å². The molecule has 0 amide bonds. The molecule has 4 atom stereocenters. The topological polar surface area (TPSA) is 71.1 Å². The molecule has 30 heavy (non-hydrogen) atoms. The van der Waals surface area contributed by atoms with Crippen molar-refractivity contribution in [3.63, 3.8) is 0 Å². The molecule has 1 N–H and O–H groups in total. The summed E-state index contributed by atoms with van der Waals surface area (Å²) in [6.07, 6.45) is 8.00. The van der Waals surface area contributed by atoms with Crippen molar-refractivity contribution < 1.29 is 9.84 Å². The molecular formula is C25H33N3O2. The molecule has 160 valence electrons. The van der Waals surface area contributed by atoms with Crippen LogP contribution in [0.2, 0.25) is 0 Å². The first-order valence-corrected chi connectivity index (χ1v) is 11.6. The van der Waals surface area contributed by atoms with Crippen LogP contribution in [0.1, 0.15) is 83.1 Å². The van der Waals surface area contributed by atoms with Crippen LogP contribution in [0.25, 0.3) is 11.0 Å². The van der Waals surface area contributed by atoms with Gasteiger partial charge in [-0.05, 0) is 68.1 Å². The van der Waals surface area contributed by atoms with Crippen LogP contribution in [0.4, 0.5) is 0 Å². The number of nitrogens with zero attached hydrogens (tertiary/aromatic N) is 3. The van der Waals surface area contributed by atoms with E-state index in [0.29, 0.717) is 30.0 Å². The van der Waals surface area contributed by atoms with Gasteiger partial charge in [-0.1, -0.05) is 33.1 Å². The van der Waals surface area contributed by atoms with E-state index < -0.39 is 5.60 Å². The standard InChI is InChI=1S/C25H33N3O2/c1-24(2)17-12-21(24)25(3,29)22(13-17)30-15-23-27-19-11-16(14-26)9-10-20(19)28(23)18-7-5-4-6-8-18/h9-11,17-18,21-22,29H,4-8,12-13,15H2,1-3H3/t17-,21-,22+,25-/m1/s1. The van der Waals surface area contributed by atoms with E-state index in [1.165, 1.54) is 19.3 Å². The molecule has 0 saturated heterocycles. The molecule has 4 saturated carbocycles. The van der Waals surface area contributed by atoms with Crippen LogP contribution in [0.15, 0.2) is 18.2 Å². The molecule has 0 spiro atoms. The third-order valence-corrected chi connectivity index (χ3v) is 8.57. The molecule has 4 aliphatic carbocycles. The fourth-order valence-corrected chi connectivity index (χ4v) is 6.61. The van der Waals surface area contributed by atoms with Crippen molar-refractivity contribution in [1.82, 2.24) is 9.55 Å². The van der Waals surface area contributed by atoms with Gasteiger partial charge in [-0.15, -0.1) is 0 Å². The molecular weight excluding hydrogens is 374 g/mol. The molecule has 5 heteroatoms. The van der Waals surface area contributed by atoms with Gasteiger partial charge < -0.3 is 14.4 Å². The molecule has 4 fully saturated rings. The lowest BCUT2D eigenvalue weighted by molar-refractivity contribution is -0.260. The maximum atomic E-state index is 11.3. The molecule has 2 aromatic rings. The van der Waals surface area contributed by atoms with E-state index in [9.17, 15) is 10.4 Å². The minimum Gasteiger partial charge on any atom is -0.387 e. The molecule has 2 bridgehead atoms. The zero-order valence-electron chi connectivity index (χ0n) is 18.4. The molecule has 0 unspecified atom stereocenters. The highest BCUT2D eigenvalue weighted by Crippen LogP contribution is 2.63. The Balaban J connectivity index is 1.43. The Kier molecular flexibility index (Phi) is 4.72. The number of aliphatic hydroxyl groups is 1. The molecule has 1 aromatic carbocycles. The van der Waals surface area contributed by atoms with E-state index in [0.717, 1.165) is 42.5 Å². The van der Waals surface area contributed by atoms with Crippen molar-refractivity contribution in [2.24, 2.45) is 17.3 Å². The summed E-state index contributed by atoms with van der Waals surface area (Å²) < 4.78 is 8.76. The molecule has 1 heterocycles. The van der Waals surface area contributed by atoms with E-state index >= 15 is 0 Å². The Morgan fingerprint density at radius 1 is 1.20 bits per heavy atom. The molecule has 5 nitrogen and oxygen atoms in total. The summed E-state index contributed by atoms with van der Waals surface area (Å²) in [6.45, 7) is 6.94. The van der Waals surface area contributed by atoms with Crippen molar-refractivity contribution in [3.05, 3.63) is 29.6 Å². The highest BCUT2D eigenvalue weighted by atomic mass is 16.5. The average Bonchev–Trinajstić information content (AvgIpc) is 3.09. The van der Waals surface area contributed by atoms with Crippen LogP contribution in [0.5, 0.6) is 0 Å². The van der Waals surface area contributed by atoms with Gasteiger partial charge in [0.1, 0.15) is 12.4 Å². The predicted molar refractivity (Wildman–Crippen MR) is 116 cm³/mol. The number of hydrogen-bond acceptors (Lipinski definition) is 4. The highest BCUT2D eigenvalue weighted by molar-refractivity contribution is 5.78. The number of imidazole rings is 1. The van der Waals surface area contributed by atoms with Crippen LogP contribution < -0.4 is 0 Å². The van der Waals surface area contributed by atoms with Gasteiger partial charge in [-0.2, -0.15) is 5.26 Å². The quantitative estimate of drug-likeness (QED) is 0.764. The Labute approximate surface area is 179 Å². The van der Waals surface area contributed by atoms with E-state index in [-0.39, 0.29) is 11.5 Å². The molecule has 4 aliphatic rings. The second kappa shape index (κ2) is 7.07. The Bertz CT molecular complexity index is 994. The summed E-state index contributed by atoms with van der Waals surface area (Å²) >= 11 is 0. The average molecular weight is 408 g/mol. The third-order valence-electron chi connectivity index (χ3n) is 8.57. The number of ether oxygens (including phenoxy) is 1. The Hall–Kier alpha value is -1.90. The fourth-order valence-electron chi connectivity index (χ4n) is 6.61. The van der Waals surface area contributed by atoms with Gasteiger partial charge >= 0.3 is 0 Å². The SMILES string of the molecule is CC1(C)[C@H]2C[C@H](OCc3nc4cc(C#N)ccc4n3C3CCCCC3)[C@](C)(O)[C@@H]1C2. The lowest BCUT2D eigenvalue weighted by atomic mass is 9.43. The van der Waals surface area contributed by atoms with Gasteiger partial charge in [0.05, 0.1) is 34.4 Å². The summed E-state index contributed by atoms with van der Waals surface area (Å²) in [6, 6.07) is 8.47. The Morgan fingerprint density at radius 3 is 2.63 bits per heavy atom. The lowest BCUT2D eigenvalue weighted by Crippen LogP contribution is -2.66. The first-order valence-electron chi connectivity index (χ1n) is 11.6. The van der Waals surface area contributed by atoms with Gasteiger partial charge in [0.15, 0.2) is 0 Å². The zero-order valence-corrected chi connectivity index (χ0v) is 18.4. The number of fused-ring (bicyclic) bond motifs is 3. The second-order valence-corrected chi connectivity index (χ2v) is 10.6. The maximum absolute atomic E-state index is 11.3. The van der Waals surface area contributed by atoms with Crippen molar-refractivity contribution >= 4 is 11.0 Å². The van der Waals surface area contributed by atoms with Crippen LogP contribution in [0.3, 0.4) is 0 Å². The van der Waals surface area contributed by atoms with E-state index in [1.54, 1.807) is 0 Å². The lowest BCUT2D eigenvalue weighted by Gasteiger charge is -2.64. The van der Waals surface area contributed by atoms with Gasteiger partial charge in [-0.3, -0.25) is 0 Å². The normalized spacial score (nSPS) is 33.2. The van der Waals surface area contributed by atoms with E-state index in [1.807, 2.05) is 25.1 Å². The smallest absolute Gasteiger partial charge is 0.136 e. The second-order valence-electron chi connectivity index (χ2n) is 10.6. The summed E-state index contributed by atoms with van der Waals surface area (Å²) in [7, 11) is 0. The first kappa shape index (κ1) is 20.0. The predicted octanol–water partition coefficient (Wildman–Crippen LogP) is 5.12. The van der Waals surface area contributed by atoms with Crippen LogP contribution >= 0.6 is 0 Å². The fraction of sp³-hybridized carbons (Fsp3) is 0.680. The number of benzene rings is 1. The summed E-state index contributed by atoms with van der Waals surface area (Å²) in [5, 5.41) is 20.6. The van der Waals surface area contributed by atoms with Crippen molar-refractivity contribution in [2.75, 3.05) is 0 Å². The van der Waals surface area contributed by atoms with Crippen molar-refractivity contribution in [1.29, 1.82) is 5.26 Å². The number of rotatable bonds is 4. The molecule has 1 aromatic heterocycles. The first-order chi connectivity index (χ1) is 14.3. The molecule has 0 aliphatic heterocycles. The molecule has 0 radical (unpaired) electrons. The van der Waals surface area contributed by atoms with Crippen molar-refractivity contribution in [3.8, 4) is 6.07 Å². The monoisotopic (exact) mass is 407 g/mol. The van der Waals surface area contributed by atoms with Crippen LogP contribution in [-0.4, -0.2) is 26.4 Å². The maximum Gasteiger partial charge on any atom is 0.136 e. The number of nitriles is 1. The largest absolute Gasteiger partial charge is 0.387 e. The van der Waals surface area contributed by atoms with Crippen LogP contribution in [-0.2, 0) is 11.3 Å². The summed E-state index contributed by atoms with van der Waals surface area (Å²) in [4.78, 5) is 4.89. The van der Waals surface area contributed by atoms with E-state index in [2.05, 4.69) is 24.5 Å². The highest BCUT2D eigenvalue weighted by Gasteiger charge is 2.63. The third kappa shape index (κ3) is 2.99. The molecule has 6 rings (SSSR count). The van der Waals surface area contributed by atoms with Gasteiger partial charge in [0.25, 0.3) is 0 Å². The van der Waals surface area contributed by atoms with Crippen LogP contribution in [0, 0.1) is 28.6 Å². The minimum absolute atomic E-state index is 0.149. The van der Waals surface area contributed by atoms with Crippen molar-refractivity contribution in [2.45, 2.75) is 90.1 Å². The minimum atomic E-state index is -0.798. The number of hydrogen-bond donors (Lipinski definition) is 1. The number of aromatic nitrogens is 2.